The number of carboxylic acid groups (broad SMARTS) is 1. The quantitative estimate of drug-likeness (QED) is 0.862. The molecule has 0 spiro atoms. The molecule has 0 bridgehead atoms. The maximum absolute atomic E-state index is 14.3. The van der Waals surface area contributed by atoms with Crippen LogP contribution in [-0.2, 0) is 11.2 Å². The summed E-state index contributed by atoms with van der Waals surface area (Å²) >= 11 is 0.928. The molecule has 7 heteroatoms. The first-order valence-electron chi connectivity index (χ1n) is 6.31. The molecule has 21 heavy (non-hydrogen) atoms. The highest BCUT2D eigenvalue weighted by molar-refractivity contribution is 7.99. The number of aliphatic carboxylic acids is 1. The largest absolute Gasteiger partial charge is 0.481 e. The highest BCUT2D eigenvalue weighted by atomic mass is 32.2. The van der Waals surface area contributed by atoms with E-state index in [1.807, 2.05) is 6.92 Å². The monoisotopic (exact) mass is 312 g/mol. The van der Waals surface area contributed by atoms with Crippen LogP contribution in [0.1, 0.15) is 18.2 Å². The second kappa shape index (κ2) is 6.26. The van der Waals surface area contributed by atoms with E-state index in [-0.39, 0.29) is 16.6 Å². The van der Waals surface area contributed by atoms with Crippen molar-refractivity contribution >= 4 is 17.7 Å². The minimum absolute atomic E-state index is 0.211. The molecule has 1 aromatic carbocycles. The van der Waals surface area contributed by atoms with Gasteiger partial charge < -0.3 is 5.11 Å². The third-order valence-corrected chi connectivity index (χ3v) is 3.91. The number of aromatic nitrogens is 2. The highest BCUT2D eigenvalue weighted by Crippen LogP contribution is 2.28. The van der Waals surface area contributed by atoms with Crippen molar-refractivity contribution in [1.29, 1.82) is 0 Å². The Morgan fingerprint density at radius 1 is 1.43 bits per heavy atom. The molecular weight excluding hydrogens is 298 g/mol. The lowest BCUT2D eigenvalue weighted by Gasteiger charge is -2.13. The number of hydrogen-bond donors (Lipinski definition) is 1. The molecule has 1 heterocycles. The predicted octanol–water partition coefficient (Wildman–Crippen LogP) is 3.20. The molecule has 0 saturated carbocycles. The molecule has 0 amide bonds. The van der Waals surface area contributed by atoms with Gasteiger partial charge in [0.25, 0.3) is 0 Å². The zero-order valence-electron chi connectivity index (χ0n) is 11.6. The van der Waals surface area contributed by atoms with Crippen molar-refractivity contribution in [1.82, 2.24) is 9.55 Å². The third kappa shape index (κ3) is 3.07. The molecule has 2 rings (SSSR count). The molecule has 1 N–H and O–H groups in total. The Kier molecular flexibility index (Phi) is 4.62. The van der Waals surface area contributed by atoms with Crippen molar-refractivity contribution in [3.8, 4) is 5.69 Å². The van der Waals surface area contributed by atoms with E-state index in [4.69, 9.17) is 5.11 Å². The number of carboxylic acids is 1. The summed E-state index contributed by atoms with van der Waals surface area (Å²) in [5, 5.41) is 9.01. The standard InChI is InChI=1S/C14H14F2N2O2S/c1-3-9-6-17-14(21-7-11(19)20)18(9)13-10(15)5-4-8(2)12(13)16/h4-6H,3,7H2,1-2H3,(H,19,20). The zero-order chi connectivity index (χ0) is 15.6. The fourth-order valence-corrected chi connectivity index (χ4v) is 2.65. The third-order valence-electron chi connectivity index (χ3n) is 2.97. The first kappa shape index (κ1) is 15.5. The summed E-state index contributed by atoms with van der Waals surface area (Å²) in [6, 6.07) is 2.56. The van der Waals surface area contributed by atoms with E-state index < -0.39 is 17.6 Å². The van der Waals surface area contributed by atoms with Gasteiger partial charge in [-0.3, -0.25) is 9.36 Å². The molecule has 0 radical (unpaired) electrons. The topological polar surface area (TPSA) is 55.1 Å². The summed E-state index contributed by atoms with van der Waals surface area (Å²) in [4.78, 5) is 14.8. The van der Waals surface area contributed by atoms with Crippen molar-refractivity contribution in [2.75, 3.05) is 5.75 Å². The second-order valence-corrected chi connectivity index (χ2v) is 5.37. The molecule has 0 aliphatic carbocycles. The molecule has 0 saturated heterocycles. The van der Waals surface area contributed by atoms with Gasteiger partial charge in [0, 0.05) is 11.9 Å². The SMILES string of the molecule is CCc1cnc(SCC(=O)O)n1-c1c(F)ccc(C)c1F. The van der Waals surface area contributed by atoms with Crippen LogP contribution in [0.2, 0.25) is 0 Å². The van der Waals surface area contributed by atoms with Crippen LogP contribution in [0.3, 0.4) is 0 Å². The number of hydrogen-bond acceptors (Lipinski definition) is 3. The zero-order valence-corrected chi connectivity index (χ0v) is 12.4. The van der Waals surface area contributed by atoms with Gasteiger partial charge in [0.2, 0.25) is 0 Å². The van der Waals surface area contributed by atoms with Crippen LogP contribution in [0.15, 0.2) is 23.5 Å². The van der Waals surface area contributed by atoms with Crippen LogP contribution in [0, 0.1) is 18.6 Å². The number of rotatable bonds is 5. The lowest BCUT2D eigenvalue weighted by molar-refractivity contribution is -0.133. The maximum Gasteiger partial charge on any atom is 0.313 e. The van der Waals surface area contributed by atoms with Crippen LogP contribution in [0.4, 0.5) is 8.78 Å². The van der Waals surface area contributed by atoms with Gasteiger partial charge >= 0.3 is 5.97 Å². The minimum Gasteiger partial charge on any atom is -0.481 e. The van der Waals surface area contributed by atoms with E-state index in [2.05, 4.69) is 4.98 Å². The first-order chi connectivity index (χ1) is 9.95. The average molecular weight is 312 g/mol. The molecular formula is C14H14F2N2O2S. The molecule has 0 unspecified atom stereocenters. The number of carbonyl (C=O) groups is 1. The number of thioether (sulfide) groups is 1. The fourth-order valence-electron chi connectivity index (χ4n) is 1.93. The molecule has 4 nitrogen and oxygen atoms in total. The van der Waals surface area contributed by atoms with Crippen molar-refractivity contribution in [2.45, 2.75) is 25.4 Å². The Balaban J connectivity index is 2.59. The molecule has 0 fully saturated rings. The van der Waals surface area contributed by atoms with Crippen LogP contribution in [0.25, 0.3) is 5.69 Å². The smallest absolute Gasteiger partial charge is 0.313 e. The molecule has 0 aliphatic rings. The summed E-state index contributed by atoms with van der Waals surface area (Å²) in [7, 11) is 0. The van der Waals surface area contributed by atoms with Gasteiger partial charge in [-0.1, -0.05) is 24.8 Å². The molecule has 112 valence electrons. The van der Waals surface area contributed by atoms with Gasteiger partial charge in [-0.05, 0) is 25.0 Å². The number of halogens is 2. The Morgan fingerprint density at radius 2 is 2.14 bits per heavy atom. The van der Waals surface area contributed by atoms with Crippen molar-refractivity contribution in [3.63, 3.8) is 0 Å². The van der Waals surface area contributed by atoms with E-state index in [9.17, 15) is 13.6 Å². The number of nitrogens with zero attached hydrogens (tertiary/aromatic N) is 2. The highest BCUT2D eigenvalue weighted by Gasteiger charge is 2.20. The van der Waals surface area contributed by atoms with E-state index in [1.165, 1.54) is 22.9 Å². The summed E-state index contributed by atoms with van der Waals surface area (Å²) in [5.41, 5.74) is 0.722. The Hall–Kier alpha value is -1.89. The van der Waals surface area contributed by atoms with Gasteiger partial charge in [0.1, 0.15) is 11.5 Å². The van der Waals surface area contributed by atoms with Crippen molar-refractivity contribution in [2.24, 2.45) is 0 Å². The van der Waals surface area contributed by atoms with E-state index in [1.54, 1.807) is 6.92 Å². The second-order valence-electron chi connectivity index (χ2n) is 4.43. The fraction of sp³-hybridized carbons (Fsp3) is 0.286. The minimum atomic E-state index is -1.02. The average Bonchev–Trinajstić information content (AvgIpc) is 2.84. The summed E-state index contributed by atoms with van der Waals surface area (Å²) in [6.45, 7) is 3.38. The Labute approximate surface area is 124 Å². The summed E-state index contributed by atoms with van der Waals surface area (Å²) in [5.74, 6) is -2.62. The molecule has 2 aromatic rings. The Morgan fingerprint density at radius 3 is 2.76 bits per heavy atom. The number of imidazole rings is 1. The molecule has 1 aromatic heterocycles. The normalized spacial score (nSPS) is 10.9. The lowest BCUT2D eigenvalue weighted by Crippen LogP contribution is -2.09. The summed E-state index contributed by atoms with van der Waals surface area (Å²) in [6.07, 6.45) is 2.03. The van der Waals surface area contributed by atoms with Crippen molar-refractivity contribution < 1.29 is 18.7 Å². The lowest BCUT2D eigenvalue weighted by atomic mass is 10.2. The van der Waals surface area contributed by atoms with Gasteiger partial charge in [0.15, 0.2) is 11.0 Å². The summed E-state index contributed by atoms with van der Waals surface area (Å²) < 4.78 is 29.7. The van der Waals surface area contributed by atoms with E-state index in [0.717, 1.165) is 11.8 Å². The Bertz CT molecular complexity index is 686. The maximum atomic E-state index is 14.3. The predicted molar refractivity (Wildman–Crippen MR) is 76.0 cm³/mol. The van der Waals surface area contributed by atoms with Crippen molar-refractivity contribution in [3.05, 3.63) is 41.2 Å². The molecule has 0 atom stereocenters. The van der Waals surface area contributed by atoms with E-state index >= 15 is 0 Å². The van der Waals surface area contributed by atoms with Crippen LogP contribution in [-0.4, -0.2) is 26.4 Å². The van der Waals surface area contributed by atoms with Gasteiger partial charge in [-0.15, -0.1) is 0 Å². The van der Waals surface area contributed by atoms with Gasteiger partial charge in [-0.25, -0.2) is 13.8 Å². The molecule has 0 aliphatic heterocycles. The van der Waals surface area contributed by atoms with Gasteiger partial charge in [0.05, 0.1) is 5.75 Å². The number of benzene rings is 1. The van der Waals surface area contributed by atoms with Gasteiger partial charge in [-0.2, -0.15) is 0 Å². The van der Waals surface area contributed by atoms with Crippen LogP contribution in [0.5, 0.6) is 0 Å². The van der Waals surface area contributed by atoms with E-state index in [0.29, 0.717) is 17.7 Å². The van der Waals surface area contributed by atoms with Crippen LogP contribution < -0.4 is 0 Å². The van der Waals surface area contributed by atoms with Crippen LogP contribution >= 0.6 is 11.8 Å². The number of aryl methyl sites for hydroxylation is 2. The first-order valence-corrected chi connectivity index (χ1v) is 7.30.